The zero-order valence-electron chi connectivity index (χ0n) is 17.8. The topological polar surface area (TPSA) is 71.1 Å². The quantitative estimate of drug-likeness (QED) is 0.760. The fourth-order valence-corrected chi connectivity index (χ4v) is 3.71. The molecule has 7 heteroatoms. The molecule has 1 heterocycles. The van der Waals surface area contributed by atoms with Gasteiger partial charge >= 0.3 is 6.03 Å². The third-order valence-electron chi connectivity index (χ3n) is 5.43. The Kier molecular flexibility index (Phi) is 7.17. The Morgan fingerprint density at radius 3 is 2.63 bits per heavy atom. The van der Waals surface area contributed by atoms with Gasteiger partial charge in [-0.15, -0.1) is 0 Å². The van der Waals surface area contributed by atoms with Crippen LogP contribution in [0.5, 0.6) is 11.5 Å². The maximum Gasteiger partial charge on any atom is 0.317 e. The van der Waals surface area contributed by atoms with E-state index in [1.807, 2.05) is 48.5 Å². The first-order valence-corrected chi connectivity index (χ1v) is 10.1. The second-order valence-corrected chi connectivity index (χ2v) is 7.25. The highest BCUT2D eigenvalue weighted by molar-refractivity contribution is 5.99. The highest BCUT2D eigenvalue weighted by Gasteiger charge is 2.34. The van der Waals surface area contributed by atoms with E-state index in [2.05, 4.69) is 5.32 Å². The Bertz CT molecular complexity index is 872. The summed E-state index contributed by atoms with van der Waals surface area (Å²) in [4.78, 5) is 28.9. The van der Waals surface area contributed by atoms with Crippen molar-refractivity contribution in [2.45, 2.75) is 25.3 Å². The van der Waals surface area contributed by atoms with Gasteiger partial charge in [-0.05, 0) is 43.0 Å². The second-order valence-electron chi connectivity index (χ2n) is 7.25. The van der Waals surface area contributed by atoms with Crippen LogP contribution < -0.4 is 19.7 Å². The molecule has 1 saturated heterocycles. The van der Waals surface area contributed by atoms with Crippen molar-refractivity contribution in [3.05, 3.63) is 54.1 Å². The monoisotopic (exact) mass is 411 g/mol. The summed E-state index contributed by atoms with van der Waals surface area (Å²) in [5.41, 5.74) is 1.85. The summed E-state index contributed by atoms with van der Waals surface area (Å²) < 4.78 is 10.6. The molecule has 0 radical (unpaired) electrons. The van der Waals surface area contributed by atoms with E-state index in [9.17, 15) is 9.59 Å². The van der Waals surface area contributed by atoms with Crippen molar-refractivity contribution in [1.82, 2.24) is 10.2 Å². The number of likely N-dealkylation sites (N-methyl/N-ethyl adjacent to an activating group) is 1. The first-order chi connectivity index (χ1) is 14.5. The normalized spacial score (nSPS) is 16.2. The maximum absolute atomic E-state index is 13.0. The molecular formula is C23H29N3O4. The highest BCUT2D eigenvalue weighted by Crippen LogP contribution is 2.25. The van der Waals surface area contributed by atoms with Crippen LogP contribution in [0.2, 0.25) is 0 Å². The van der Waals surface area contributed by atoms with Crippen LogP contribution in [0.4, 0.5) is 10.5 Å². The zero-order chi connectivity index (χ0) is 21.5. The second kappa shape index (κ2) is 10.0. The van der Waals surface area contributed by atoms with Crippen LogP contribution in [-0.2, 0) is 11.2 Å². The minimum absolute atomic E-state index is 0.0399. The number of urea groups is 1. The number of nitrogens with one attached hydrogen (secondary N) is 1. The number of para-hydroxylation sites is 1. The Morgan fingerprint density at radius 1 is 1.17 bits per heavy atom. The summed E-state index contributed by atoms with van der Waals surface area (Å²) in [6, 6.07) is 14.5. The molecule has 30 heavy (non-hydrogen) atoms. The summed E-state index contributed by atoms with van der Waals surface area (Å²) >= 11 is 0. The maximum atomic E-state index is 13.0. The number of carbonyl (C=O) groups excluding carboxylic acids is 2. The Labute approximate surface area is 177 Å². The van der Waals surface area contributed by atoms with Crippen molar-refractivity contribution in [2.75, 3.05) is 39.3 Å². The number of ether oxygens (including phenoxy) is 2. The van der Waals surface area contributed by atoms with Gasteiger partial charge in [0.25, 0.3) is 0 Å². The molecule has 1 aliphatic rings. The predicted octanol–water partition coefficient (Wildman–Crippen LogP) is 3.08. The average Bonchev–Trinajstić information content (AvgIpc) is 2.79. The number of nitrogens with zero attached hydrogens (tertiary/aromatic N) is 2. The summed E-state index contributed by atoms with van der Waals surface area (Å²) in [6.07, 6.45) is 2.13. The van der Waals surface area contributed by atoms with Crippen molar-refractivity contribution in [3.8, 4) is 11.5 Å². The third kappa shape index (κ3) is 4.84. The van der Waals surface area contributed by atoms with E-state index < -0.39 is 6.04 Å². The number of hydrogen-bond acceptors (Lipinski definition) is 4. The van der Waals surface area contributed by atoms with Crippen LogP contribution in [0, 0.1) is 0 Å². The first-order valence-electron chi connectivity index (χ1n) is 10.1. The molecule has 1 fully saturated rings. The van der Waals surface area contributed by atoms with E-state index >= 15 is 0 Å². The fraction of sp³-hybridized carbons (Fsp3) is 0.391. The minimum Gasteiger partial charge on any atom is -0.497 e. The van der Waals surface area contributed by atoms with Gasteiger partial charge in [0.2, 0.25) is 5.91 Å². The Balaban J connectivity index is 1.57. The number of piperidine rings is 1. The number of hydrogen-bond donors (Lipinski definition) is 1. The minimum atomic E-state index is -0.463. The number of methoxy groups -OCH3 is 2. The van der Waals surface area contributed by atoms with Crippen LogP contribution in [0.1, 0.15) is 18.4 Å². The standard InChI is InChI=1S/C23H29N3O4/c1-25(20-10-7-15-26(22(20)27)18-8-5-4-6-9-18)23(28)24-14-13-17-11-12-19(29-2)16-21(17)30-3/h4-6,8-9,11-12,16,20H,7,10,13-15H2,1-3H3,(H,24,28). The molecule has 1 unspecified atom stereocenters. The van der Waals surface area contributed by atoms with Gasteiger partial charge in [0.05, 0.1) is 14.2 Å². The van der Waals surface area contributed by atoms with Crippen LogP contribution in [0.15, 0.2) is 48.5 Å². The predicted molar refractivity (Wildman–Crippen MR) is 116 cm³/mol. The molecule has 2 aromatic carbocycles. The molecule has 1 N–H and O–H groups in total. The molecule has 0 aromatic heterocycles. The third-order valence-corrected chi connectivity index (χ3v) is 5.43. The van der Waals surface area contributed by atoms with E-state index in [0.29, 0.717) is 25.9 Å². The lowest BCUT2D eigenvalue weighted by molar-refractivity contribution is -0.123. The molecule has 160 valence electrons. The van der Waals surface area contributed by atoms with Crippen LogP contribution >= 0.6 is 0 Å². The van der Waals surface area contributed by atoms with Gasteiger partial charge in [-0.2, -0.15) is 0 Å². The van der Waals surface area contributed by atoms with E-state index in [4.69, 9.17) is 9.47 Å². The molecule has 0 bridgehead atoms. The molecule has 0 aliphatic carbocycles. The number of benzene rings is 2. The van der Waals surface area contributed by atoms with Gasteiger partial charge in [0.1, 0.15) is 17.5 Å². The fourth-order valence-electron chi connectivity index (χ4n) is 3.71. The lowest BCUT2D eigenvalue weighted by Gasteiger charge is -2.36. The number of carbonyl (C=O) groups is 2. The zero-order valence-corrected chi connectivity index (χ0v) is 17.8. The average molecular weight is 412 g/mol. The smallest absolute Gasteiger partial charge is 0.317 e. The van der Waals surface area contributed by atoms with Crippen molar-refractivity contribution in [2.24, 2.45) is 0 Å². The van der Waals surface area contributed by atoms with E-state index in [0.717, 1.165) is 29.2 Å². The molecule has 3 amide bonds. The Hall–Kier alpha value is -3.22. The molecule has 7 nitrogen and oxygen atoms in total. The van der Waals surface area contributed by atoms with Crippen molar-refractivity contribution in [3.63, 3.8) is 0 Å². The molecule has 0 spiro atoms. The first kappa shape index (κ1) is 21.5. The van der Waals surface area contributed by atoms with E-state index in [1.165, 1.54) is 4.90 Å². The molecule has 3 rings (SSSR count). The van der Waals surface area contributed by atoms with Crippen LogP contribution in [-0.4, -0.2) is 57.2 Å². The molecule has 1 atom stereocenters. The van der Waals surface area contributed by atoms with Crippen molar-refractivity contribution >= 4 is 17.6 Å². The molecule has 2 aromatic rings. The van der Waals surface area contributed by atoms with Gasteiger partial charge in [0.15, 0.2) is 0 Å². The highest BCUT2D eigenvalue weighted by atomic mass is 16.5. The van der Waals surface area contributed by atoms with Gasteiger partial charge in [-0.3, -0.25) is 4.79 Å². The Morgan fingerprint density at radius 2 is 1.93 bits per heavy atom. The number of amides is 3. The van der Waals surface area contributed by atoms with E-state index in [-0.39, 0.29) is 11.9 Å². The SMILES string of the molecule is COc1ccc(CCNC(=O)N(C)C2CCCN(c3ccccc3)C2=O)c(OC)c1. The molecular weight excluding hydrogens is 382 g/mol. The lowest BCUT2D eigenvalue weighted by Crippen LogP contribution is -2.55. The summed E-state index contributed by atoms with van der Waals surface area (Å²) in [7, 11) is 4.90. The van der Waals surface area contributed by atoms with Gasteiger partial charge in [0, 0.05) is 31.9 Å². The van der Waals surface area contributed by atoms with Crippen molar-refractivity contribution < 1.29 is 19.1 Å². The summed E-state index contributed by atoms with van der Waals surface area (Å²) in [6.45, 7) is 1.11. The van der Waals surface area contributed by atoms with E-state index in [1.54, 1.807) is 26.2 Å². The van der Waals surface area contributed by atoms with Gasteiger partial charge < -0.3 is 24.6 Å². The van der Waals surface area contributed by atoms with Gasteiger partial charge in [-0.1, -0.05) is 24.3 Å². The van der Waals surface area contributed by atoms with Crippen molar-refractivity contribution in [1.29, 1.82) is 0 Å². The largest absolute Gasteiger partial charge is 0.497 e. The van der Waals surface area contributed by atoms with Crippen LogP contribution in [0.3, 0.4) is 0 Å². The summed E-state index contributed by atoms with van der Waals surface area (Å²) in [5, 5.41) is 2.91. The number of anilines is 1. The molecule has 1 aliphatic heterocycles. The molecule has 0 saturated carbocycles. The lowest BCUT2D eigenvalue weighted by atomic mass is 10.0. The summed E-state index contributed by atoms with van der Waals surface area (Å²) in [5.74, 6) is 1.40. The van der Waals surface area contributed by atoms with Gasteiger partial charge in [-0.25, -0.2) is 4.79 Å². The number of rotatable bonds is 7. The van der Waals surface area contributed by atoms with Crippen LogP contribution in [0.25, 0.3) is 0 Å².